The predicted molar refractivity (Wildman–Crippen MR) is 614 cm³/mol. The van der Waals surface area contributed by atoms with Crippen LogP contribution < -0.4 is 100 Å². The van der Waals surface area contributed by atoms with E-state index in [1.165, 1.54) is 110 Å². The summed E-state index contributed by atoms with van der Waals surface area (Å²) in [4.78, 5) is 13.3. The summed E-state index contributed by atoms with van der Waals surface area (Å²) >= 11 is -6.48. The molecule has 0 unspecified atom stereocenters. The van der Waals surface area contributed by atoms with Gasteiger partial charge in [0.15, 0.2) is 11.5 Å². The number of hydrogen-bond donors (Lipinski definition) is 0. The third-order valence-electron chi connectivity index (χ3n) is 27.3. The molecule has 24 rings (SSSR count). The molecular formula is C128H119BN6O10Se3. The third kappa shape index (κ3) is 20.0. The minimum atomic E-state index is -4.49. The Labute approximate surface area is 882 Å². The number of ether oxygens (including phenoxy) is 7. The van der Waals surface area contributed by atoms with Gasteiger partial charge in [0.2, 0.25) is 6.71 Å². The number of rotatable bonds is 12. The Morgan fingerprint density at radius 2 is 0.480 bits per heavy atom. The molecule has 0 aromatic heterocycles. The van der Waals surface area contributed by atoms with Crippen LogP contribution >= 0.6 is 0 Å². The summed E-state index contributed by atoms with van der Waals surface area (Å²) in [5, 5.41) is 0. The van der Waals surface area contributed by atoms with Crippen LogP contribution in [0.4, 0.5) is 102 Å². The minimum absolute atomic E-state index is 0.321. The van der Waals surface area contributed by atoms with Crippen LogP contribution in [-0.2, 0) is 17.9 Å². The number of fused-ring (bicyclic) bond motifs is 12. The number of methoxy groups -OCH3 is 6. The van der Waals surface area contributed by atoms with Gasteiger partial charge in [-0.25, -0.2) is 0 Å². The van der Waals surface area contributed by atoms with E-state index >= 15 is 0 Å². The van der Waals surface area contributed by atoms with E-state index in [-0.39, 0.29) is 0 Å². The van der Waals surface area contributed by atoms with Crippen LogP contribution in [0, 0.1) is 83.1 Å². The van der Waals surface area contributed by atoms with Crippen molar-refractivity contribution in [3.8, 4) is 46.0 Å². The Bertz CT molecular complexity index is 7610. The Balaban J connectivity index is 0.000000112. The van der Waals surface area contributed by atoms with Crippen LogP contribution in [0.25, 0.3) is 0 Å². The molecule has 20 heteroatoms. The molecule has 0 atom stereocenters. The summed E-state index contributed by atoms with van der Waals surface area (Å²) in [5.41, 5.74) is 38.5. The van der Waals surface area contributed by atoms with Crippen molar-refractivity contribution in [2.24, 2.45) is 0 Å². The Morgan fingerprint density at radius 3 is 0.811 bits per heavy atom. The molecule has 6 heterocycles. The van der Waals surface area contributed by atoms with E-state index in [9.17, 15) is 11.5 Å². The first-order chi connectivity index (χ1) is 71.6. The topological polar surface area (TPSA) is 135 Å². The Kier molecular flexibility index (Phi) is 29.5. The zero-order valence-corrected chi connectivity index (χ0v) is 92.1. The number of aryl methyl sites for hydroxylation is 12. The Morgan fingerprint density at radius 1 is 0.250 bits per heavy atom. The van der Waals surface area contributed by atoms with Crippen molar-refractivity contribution in [3.05, 3.63) is 442 Å². The summed E-state index contributed by atoms with van der Waals surface area (Å²) in [5.74, 6) is 6.71. The average molecular weight is 2150 g/mol. The standard InChI is InChI=1S/C22H22BNO.C22H21NO.C21H19NO3Se.C21H19NO2Se.C21H19NO2.C21H19NOSe/c1-15-9-11-19-17(13-15)23(3)18-14-16(2)10-12-20(18)24(19)21-7-5-6-8-22(21)25-4;1-15-8-10-19-17(12-15)14-18-13-16(2)9-11-20(18)23(19)21-6-4-5-7-22(21)24-3;1-14-8-10-17-20(12-14)26(23,24)21-13-15(2)9-11-18(21)22(17)16-6-4-5-7-19(16)25-3;1-14-8-10-17-20(12-14)25(23)21-13-15(2)9-11-18(21)22(17)16-6-4-5-7-19(16)24-3;2*1-14-8-10-17-20(12-14)24-21-13-15(2)9-11-18(21)22(17)16-6-4-5-7-19(16)23-3/h5-14H,1-4H3;4-13H,14H2,1-3H3;4-13H,1-3H3;4-13H,1-3H3;2*4-13H,1-3H3. The van der Waals surface area contributed by atoms with Gasteiger partial charge in [-0.15, -0.1) is 0 Å². The molecule has 18 aromatic carbocycles. The molecule has 0 aliphatic carbocycles. The molecule has 742 valence electrons. The van der Waals surface area contributed by atoms with E-state index in [0.29, 0.717) is 47.7 Å². The van der Waals surface area contributed by atoms with Gasteiger partial charge >= 0.3 is 455 Å². The van der Waals surface area contributed by atoms with E-state index in [0.717, 1.165) is 135 Å². The predicted octanol–water partition coefficient (Wildman–Crippen LogP) is 26.8. The number of nitrogens with zero attached hydrogens (tertiary/aromatic N) is 6. The van der Waals surface area contributed by atoms with Crippen molar-refractivity contribution < 1.29 is 44.7 Å². The summed E-state index contributed by atoms with van der Waals surface area (Å²) in [6.45, 7) is 27.7. The van der Waals surface area contributed by atoms with Crippen molar-refractivity contribution in [2.45, 2.75) is 96.3 Å². The van der Waals surface area contributed by atoms with Crippen LogP contribution in [0.5, 0.6) is 46.0 Å². The molecule has 6 aliphatic heterocycles. The normalized spacial score (nSPS) is 13.0. The maximum absolute atomic E-state index is 13.3. The molecule has 0 spiro atoms. The first kappa shape index (κ1) is 101. The summed E-state index contributed by atoms with van der Waals surface area (Å²) in [6.07, 6.45) is 0.972. The van der Waals surface area contributed by atoms with Crippen LogP contribution in [0.1, 0.15) is 77.9 Å². The van der Waals surface area contributed by atoms with Crippen LogP contribution in [0.2, 0.25) is 6.82 Å². The molecule has 0 saturated carbocycles. The van der Waals surface area contributed by atoms with Gasteiger partial charge in [-0.2, -0.15) is 0 Å². The molecule has 0 fully saturated rings. The molecule has 0 radical (unpaired) electrons. The van der Waals surface area contributed by atoms with Gasteiger partial charge in [0.05, 0.1) is 49.8 Å². The first-order valence-electron chi connectivity index (χ1n) is 49.5. The molecule has 0 N–H and O–H groups in total. The van der Waals surface area contributed by atoms with Gasteiger partial charge in [0.25, 0.3) is 0 Å². The fourth-order valence-electron chi connectivity index (χ4n) is 20.2. The zero-order valence-electron chi connectivity index (χ0n) is 86.9. The van der Waals surface area contributed by atoms with Crippen LogP contribution in [0.15, 0.2) is 364 Å². The quantitative estimate of drug-likeness (QED) is 0.107. The van der Waals surface area contributed by atoms with Crippen molar-refractivity contribution in [2.75, 3.05) is 72.1 Å². The van der Waals surface area contributed by atoms with Crippen LogP contribution in [-0.4, -0.2) is 90.9 Å². The van der Waals surface area contributed by atoms with Gasteiger partial charge in [-0.05, 0) is 149 Å². The van der Waals surface area contributed by atoms with Gasteiger partial charge in [0.1, 0.15) is 17.2 Å². The van der Waals surface area contributed by atoms with E-state index < -0.39 is 26.5 Å². The number of benzene rings is 18. The van der Waals surface area contributed by atoms with Crippen LogP contribution in [0.3, 0.4) is 0 Å². The maximum atomic E-state index is 13.3. The third-order valence-corrected chi connectivity index (χ3v) is 36.5. The van der Waals surface area contributed by atoms with Gasteiger partial charge in [-0.3, -0.25) is 4.90 Å². The summed E-state index contributed by atoms with van der Waals surface area (Å²) < 4.78 is 85.3. The molecular weight excluding hydrogens is 2030 g/mol. The average Bonchev–Trinajstić information content (AvgIpc) is 0.347. The molecule has 0 amide bonds. The molecule has 6 aliphatic rings. The van der Waals surface area contributed by atoms with Gasteiger partial charge in [0, 0.05) is 29.2 Å². The number of hydrogen-bond acceptors (Lipinski definition) is 16. The van der Waals surface area contributed by atoms with Crippen molar-refractivity contribution >= 4 is 188 Å². The van der Waals surface area contributed by atoms with Crippen molar-refractivity contribution in [3.63, 3.8) is 0 Å². The van der Waals surface area contributed by atoms with Gasteiger partial charge < -0.3 is 28.7 Å². The van der Waals surface area contributed by atoms with Gasteiger partial charge in [-0.1, -0.05) is 137 Å². The molecule has 148 heavy (non-hydrogen) atoms. The summed E-state index contributed by atoms with van der Waals surface area (Å²) in [7, 11) is 10.2. The zero-order chi connectivity index (χ0) is 104. The SMILES string of the molecule is COc1ccccc1N1c2ccc(C)cc2B(C)c2cc(C)ccc21.COc1ccccc1N1c2ccc(C)cc2Cc2cc(C)ccc21.COc1ccccc1N1c2ccc(C)cc2Oc2cc(C)ccc21.COc1ccccc1N1c2ccc(C)cc2[Se](=O)(=O)c2cc(C)ccc21.COc1ccccc1N1c2ccc(C)cc2[Se](=O)c2cc(C)ccc21.COc1ccccc1N1c2ccc(C)cc2[Se]c2cc(C)ccc21. The second kappa shape index (κ2) is 43.2. The molecule has 18 aromatic rings. The van der Waals surface area contributed by atoms with E-state index in [2.05, 4.69) is 311 Å². The Hall–Kier alpha value is -15.6. The fraction of sp³-hybridized carbons (Fsp3) is 0.156. The molecule has 16 nitrogen and oxygen atoms in total. The number of para-hydroxylation sites is 12. The molecule has 0 saturated heterocycles. The first-order valence-corrected chi connectivity index (χ1v) is 56.8. The molecule has 0 bridgehead atoms. The van der Waals surface area contributed by atoms with E-state index in [1.54, 1.807) is 54.8 Å². The van der Waals surface area contributed by atoms with Crippen molar-refractivity contribution in [1.82, 2.24) is 0 Å². The van der Waals surface area contributed by atoms with E-state index in [1.807, 2.05) is 160 Å². The number of anilines is 18. The fourth-order valence-corrected chi connectivity index (χ4v) is 29.7. The second-order valence-corrected chi connectivity index (χ2v) is 47.3. The summed E-state index contributed by atoms with van der Waals surface area (Å²) in [6, 6.07) is 125. The second-order valence-electron chi connectivity index (χ2n) is 38.1. The van der Waals surface area contributed by atoms with Crippen molar-refractivity contribution in [1.29, 1.82) is 0 Å². The monoisotopic (exact) mass is 2150 g/mol. The van der Waals surface area contributed by atoms with E-state index in [4.69, 9.17) is 33.2 Å².